The summed E-state index contributed by atoms with van der Waals surface area (Å²) in [6.07, 6.45) is 0. The van der Waals surface area contributed by atoms with Crippen LogP contribution in [0.5, 0.6) is 0 Å². The van der Waals surface area contributed by atoms with Gasteiger partial charge in [0.1, 0.15) is 0 Å². The Kier molecular flexibility index (Phi) is 4.02. The predicted octanol–water partition coefficient (Wildman–Crippen LogP) is -1.21. The first-order chi connectivity index (χ1) is 4.63. The summed E-state index contributed by atoms with van der Waals surface area (Å²) in [5.41, 5.74) is 4.75. The fourth-order valence-electron chi connectivity index (χ4n) is 0.424. The highest BCUT2D eigenvalue weighted by atomic mass is 16.2. The zero-order valence-electron chi connectivity index (χ0n) is 5.81. The van der Waals surface area contributed by atoms with Crippen LogP contribution in [0.25, 0.3) is 0 Å². The molecule has 0 saturated heterocycles. The van der Waals surface area contributed by atoms with Crippen LogP contribution in [0.1, 0.15) is 6.92 Å². The standard InChI is InChI=1S/C5H11N3O2/c1-4(9)7-2-3-8-5(6)10/h2-3H2,1H3,(H,7,9)(H3,6,8,10). The molecule has 10 heavy (non-hydrogen) atoms. The van der Waals surface area contributed by atoms with Gasteiger partial charge in [0.15, 0.2) is 0 Å². The van der Waals surface area contributed by atoms with Gasteiger partial charge in [0.25, 0.3) is 0 Å². The highest BCUT2D eigenvalue weighted by Crippen LogP contribution is 1.60. The lowest BCUT2D eigenvalue weighted by atomic mass is 10.6. The molecule has 5 heteroatoms. The Morgan fingerprint density at radius 3 is 2.20 bits per heavy atom. The molecule has 0 bridgehead atoms. The molecule has 0 aliphatic rings. The Morgan fingerprint density at radius 1 is 1.30 bits per heavy atom. The summed E-state index contributed by atoms with van der Waals surface area (Å²) in [7, 11) is 0. The maximum absolute atomic E-state index is 10.2. The Bertz CT molecular complexity index is 119. The van der Waals surface area contributed by atoms with E-state index in [1.807, 2.05) is 0 Å². The van der Waals surface area contributed by atoms with Crippen LogP contribution in [0.3, 0.4) is 0 Å². The molecule has 58 valence electrons. The molecule has 5 nitrogen and oxygen atoms in total. The summed E-state index contributed by atoms with van der Waals surface area (Å²) in [5, 5.41) is 4.82. The summed E-state index contributed by atoms with van der Waals surface area (Å²) in [4.78, 5) is 20.3. The van der Waals surface area contributed by atoms with Gasteiger partial charge in [0.05, 0.1) is 0 Å². The van der Waals surface area contributed by atoms with E-state index in [0.717, 1.165) is 0 Å². The second-order valence-corrected chi connectivity index (χ2v) is 1.77. The number of rotatable bonds is 3. The summed E-state index contributed by atoms with van der Waals surface area (Å²) in [5.74, 6) is -0.119. The lowest BCUT2D eigenvalue weighted by Gasteiger charge is -2.00. The number of amides is 3. The van der Waals surface area contributed by atoms with E-state index < -0.39 is 6.03 Å². The second kappa shape index (κ2) is 4.60. The van der Waals surface area contributed by atoms with Crippen molar-refractivity contribution in [3.05, 3.63) is 0 Å². The number of nitrogens with two attached hydrogens (primary N) is 1. The molecule has 3 amide bonds. The Labute approximate surface area is 59.0 Å². The number of urea groups is 1. The van der Waals surface area contributed by atoms with Gasteiger partial charge in [-0.05, 0) is 0 Å². The summed E-state index contributed by atoms with van der Waals surface area (Å²) < 4.78 is 0. The maximum Gasteiger partial charge on any atom is 0.312 e. The molecule has 0 radical (unpaired) electrons. The number of primary amides is 1. The summed E-state index contributed by atoms with van der Waals surface area (Å²) in [6.45, 7) is 2.19. The largest absolute Gasteiger partial charge is 0.355 e. The Hall–Kier alpha value is -1.26. The highest BCUT2D eigenvalue weighted by Gasteiger charge is 1.91. The minimum Gasteiger partial charge on any atom is -0.355 e. The normalized spacial score (nSPS) is 8.50. The van der Waals surface area contributed by atoms with Gasteiger partial charge < -0.3 is 16.4 Å². The van der Waals surface area contributed by atoms with Crippen LogP contribution in [-0.4, -0.2) is 25.0 Å². The van der Waals surface area contributed by atoms with E-state index in [0.29, 0.717) is 13.1 Å². The fraction of sp³-hybridized carbons (Fsp3) is 0.600. The lowest BCUT2D eigenvalue weighted by molar-refractivity contribution is -0.118. The molecule has 0 unspecified atom stereocenters. The molecular weight excluding hydrogens is 134 g/mol. The van der Waals surface area contributed by atoms with Crippen molar-refractivity contribution < 1.29 is 9.59 Å². The summed E-state index contributed by atoms with van der Waals surface area (Å²) >= 11 is 0. The first kappa shape index (κ1) is 8.74. The van der Waals surface area contributed by atoms with E-state index in [1.165, 1.54) is 6.92 Å². The number of hydrogen-bond donors (Lipinski definition) is 3. The van der Waals surface area contributed by atoms with Gasteiger partial charge in [0, 0.05) is 20.0 Å². The van der Waals surface area contributed by atoms with Gasteiger partial charge in [-0.1, -0.05) is 0 Å². The van der Waals surface area contributed by atoms with E-state index in [4.69, 9.17) is 5.73 Å². The van der Waals surface area contributed by atoms with Crippen LogP contribution in [-0.2, 0) is 4.79 Å². The topological polar surface area (TPSA) is 84.2 Å². The van der Waals surface area contributed by atoms with Crippen molar-refractivity contribution in [2.45, 2.75) is 6.92 Å². The van der Waals surface area contributed by atoms with Gasteiger partial charge in [-0.25, -0.2) is 4.79 Å². The molecule has 0 aliphatic heterocycles. The smallest absolute Gasteiger partial charge is 0.312 e. The van der Waals surface area contributed by atoms with Crippen molar-refractivity contribution in [3.63, 3.8) is 0 Å². The molecule has 0 atom stereocenters. The van der Waals surface area contributed by atoms with Crippen molar-refractivity contribution in [3.8, 4) is 0 Å². The monoisotopic (exact) mass is 145 g/mol. The van der Waals surface area contributed by atoms with Crippen LogP contribution in [0.2, 0.25) is 0 Å². The average Bonchev–Trinajstić information content (AvgIpc) is 1.79. The van der Waals surface area contributed by atoms with E-state index >= 15 is 0 Å². The van der Waals surface area contributed by atoms with Crippen molar-refractivity contribution in [1.29, 1.82) is 0 Å². The lowest BCUT2D eigenvalue weighted by Crippen LogP contribution is -2.36. The molecule has 0 saturated carbocycles. The molecule has 0 aliphatic carbocycles. The van der Waals surface area contributed by atoms with Gasteiger partial charge in [-0.3, -0.25) is 4.79 Å². The van der Waals surface area contributed by atoms with Gasteiger partial charge in [-0.15, -0.1) is 0 Å². The van der Waals surface area contributed by atoms with Crippen LogP contribution in [0, 0.1) is 0 Å². The number of hydrogen-bond acceptors (Lipinski definition) is 2. The third-order valence-corrected chi connectivity index (χ3v) is 0.798. The van der Waals surface area contributed by atoms with E-state index in [-0.39, 0.29) is 5.91 Å². The van der Waals surface area contributed by atoms with E-state index in [2.05, 4.69) is 10.6 Å². The number of carbonyl (C=O) groups excluding carboxylic acids is 2. The van der Waals surface area contributed by atoms with Gasteiger partial charge >= 0.3 is 6.03 Å². The van der Waals surface area contributed by atoms with Crippen LogP contribution in [0.4, 0.5) is 4.79 Å². The second-order valence-electron chi connectivity index (χ2n) is 1.77. The number of nitrogens with one attached hydrogen (secondary N) is 2. The van der Waals surface area contributed by atoms with Crippen LogP contribution in [0.15, 0.2) is 0 Å². The maximum atomic E-state index is 10.2. The van der Waals surface area contributed by atoms with Crippen molar-refractivity contribution in [2.75, 3.05) is 13.1 Å². The minimum atomic E-state index is -0.578. The average molecular weight is 145 g/mol. The molecule has 4 N–H and O–H groups in total. The molecule has 0 heterocycles. The number of carbonyl (C=O) groups is 2. The molecule has 0 aromatic heterocycles. The van der Waals surface area contributed by atoms with Crippen LogP contribution >= 0.6 is 0 Å². The molecule has 0 fully saturated rings. The molecular formula is C5H11N3O2. The van der Waals surface area contributed by atoms with Gasteiger partial charge in [-0.2, -0.15) is 0 Å². The Morgan fingerprint density at radius 2 is 1.80 bits per heavy atom. The predicted molar refractivity (Wildman–Crippen MR) is 36.3 cm³/mol. The third kappa shape index (κ3) is 6.74. The molecule has 0 aromatic rings. The fourth-order valence-corrected chi connectivity index (χ4v) is 0.424. The summed E-state index contributed by atoms with van der Waals surface area (Å²) in [6, 6.07) is -0.578. The molecule has 0 rings (SSSR count). The van der Waals surface area contributed by atoms with Crippen LogP contribution < -0.4 is 16.4 Å². The zero-order valence-corrected chi connectivity index (χ0v) is 5.81. The van der Waals surface area contributed by atoms with Gasteiger partial charge in [0.2, 0.25) is 5.91 Å². The molecule has 0 aromatic carbocycles. The SMILES string of the molecule is CC(=O)NCCNC(N)=O. The van der Waals surface area contributed by atoms with Crippen molar-refractivity contribution >= 4 is 11.9 Å². The quantitative estimate of drug-likeness (QED) is 0.435. The van der Waals surface area contributed by atoms with Crippen molar-refractivity contribution in [2.24, 2.45) is 5.73 Å². The molecule has 0 spiro atoms. The van der Waals surface area contributed by atoms with Crippen molar-refractivity contribution in [1.82, 2.24) is 10.6 Å². The first-order valence-corrected chi connectivity index (χ1v) is 2.90. The van der Waals surface area contributed by atoms with E-state index in [1.54, 1.807) is 0 Å². The zero-order chi connectivity index (χ0) is 7.98. The highest BCUT2D eigenvalue weighted by molar-refractivity contribution is 5.73. The first-order valence-electron chi connectivity index (χ1n) is 2.90. The minimum absolute atomic E-state index is 0.119. The third-order valence-electron chi connectivity index (χ3n) is 0.798. The Balaban J connectivity index is 3.06. The van der Waals surface area contributed by atoms with E-state index in [9.17, 15) is 9.59 Å².